The minimum atomic E-state index is 0.371. The molecule has 20 heavy (non-hydrogen) atoms. The summed E-state index contributed by atoms with van der Waals surface area (Å²) in [5.74, 6) is 1.04. The van der Waals surface area contributed by atoms with E-state index in [2.05, 4.69) is 34.8 Å². The molecule has 3 heterocycles. The van der Waals surface area contributed by atoms with Crippen molar-refractivity contribution in [1.29, 1.82) is 0 Å². The Morgan fingerprint density at radius 3 is 3.05 bits per heavy atom. The molecule has 0 aromatic carbocycles. The number of hydrogen-bond acceptors (Lipinski definition) is 4. The van der Waals surface area contributed by atoms with Crippen LogP contribution in [-0.2, 0) is 0 Å². The number of thiophene rings is 1. The van der Waals surface area contributed by atoms with Crippen LogP contribution in [0.15, 0.2) is 6.07 Å². The van der Waals surface area contributed by atoms with E-state index in [0.717, 1.165) is 17.2 Å². The third-order valence-electron chi connectivity index (χ3n) is 3.99. The minimum Gasteiger partial charge on any atom is -0.353 e. The summed E-state index contributed by atoms with van der Waals surface area (Å²) < 4.78 is 0. The molecule has 1 aliphatic heterocycles. The monoisotopic (exact) mass is 309 g/mol. The van der Waals surface area contributed by atoms with E-state index in [9.17, 15) is 0 Å². The Labute approximate surface area is 129 Å². The van der Waals surface area contributed by atoms with Crippen LogP contribution in [0.3, 0.4) is 0 Å². The van der Waals surface area contributed by atoms with Crippen LogP contribution in [0.1, 0.15) is 43.9 Å². The lowest BCUT2D eigenvalue weighted by molar-refractivity contribution is 0.433. The van der Waals surface area contributed by atoms with Crippen molar-refractivity contribution >= 4 is 39.0 Å². The zero-order chi connectivity index (χ0) is 14.1. The molecule has 0 bridgehead atoms. The highest BCUT2D eigenvalue weighted by atomic mass is 35.5. The second kappa shape index (κ2) is 5.86. The van der Waals surface area contributed by atoms with Crippen LogP contribution in [0.4, 0.5) is 5.82 Å². The third-order valence-corrected chi connectivity index (χ3v) is 5.10. The van der Waals surface area contributed by atoms with E-state index in [1.165, 1.54) is 42.4 Å². The van der Waals surface area contributed by atoms with Gasteiger partial charge in [-0.2, -0.15) is 4.98 Å². The molecule has 0 saturated carbocycles. The van der Waals surface area contributed by atoms with Gasteiger partial charge >= 0.3 is 0 Å². The number of anilines is 1. The first kappa shape index (κ1) is 14.1. The second-order valence-corrected chi connectivity index (χ2v) is 7.10. The van der Waals surface area contributed by atoms with E-state index < -0.39 is 0 Å². The summed E-state index contributed by atoms with van der Waals surface area (Å²) in [6, 6.07) is 2.80. The summed E-state index contributed by atoms with van der Waals surface area (Å²) in [7, 11) is 0. The summed E-state index contributed by atoms with van der Waals surface area (Å²) in [5.41, 5.74) is 0. The van der Waals surface area contributed by atoms with Crippen LogP contribution >= 0.6 is 22.9 Å². The van der Waals surface area contributed by atoms with Gasteiger partial charge in [-0.1, -0.05) is 13.3 Å². The predicted octanol–water partition coefficient (Wildman–Crippen LogP) is 4.81. The third kappa shape index (κ3) is 2.63. The fraction of sp³-hybridized carbons (Fsp3) is 0.600. The van der Waals surface area contributed by atoms with Gasteiger partial charge in [0.05, 0.1) is 5.39 Å². The molecular weight excluding hydrogens is 290 g/mol. The van der Waals surface area contributed by atoms with Crippen molar-refractivity contribution in [3.05, 3.63) is 16.2 Å². The van der Waals surface area contributed by atoms with E-state index in [1.807, 2.05) is 0 Å². The number of piperidine rings is 1. The van der Waals surface area contributed by atoms with Crippen LogP contribution in [0.2, 0.25) is 5.28 Å². The molecule has 5 heteroatoms. The summed E-state index contributed by atoms with van der Waals surface area (Å²) >= 11 is 7.83. The fourth-order valence-electron chi connectivity index (χ4n) is 3.13. The topological polar surface area (TPSA) is 29.0 Å². The van der Waals surface area contributed by atoms with Crippen molar-refractivity contribution in [1.82, 2.24) is 9.97 Å². The minimum absolute atomic E-state index is 0.371. The number of aryl methyl sites for hydroxylation is 1. The maximum Gasteiger partial charge on any atom is 0.225 e. The maximum atomic E-state index is 6.13. The maximum absolute atomic E-state index is 6.13. The number of halogens is 1. The average Bonchev–Trinajstić information content (AvgIpc) is 2.79. The lowest BCUT2D eigenvalue weighted by atomic mass is 9.98. The van der Waals surface area contributed by atoms with Crippen molar-refractivity contribution in [3.63, 3.8) is 0 Å². The molecule has 1 atom stereocenters. The normalized spacial score (nSPS) is 19.8. The molecule has 1 fully saturated rings. The van der Waals surface area contributed by atoms with Gasteiger partial charge in [0.1, 0.15) is 10.6 Å². The first-order chi connectivity index (χ1) is 9.69. The Balaban J connectivity index is 2.06. The van der Waals surface area contributed by atoms with Crippen molar-refractivity contribution < 1.29 is 0 Å². The van der Waals surface area contributed by atoms with Crippen LogP contribution in [-0.4, -0.2) is 22.6 Å². The Bertz CT molecular complexity index is 608. The van der Waals surface area contributed by atoms with E-state index in [4.69, 9.17) is 11.6 Å². The summed E-state index contributed by atoms with van der Waals surface area (Å²) in [4.78, 5) is 13.7. The molecule has 1 unspecified atom stereocenters. The van der Waals surface area contributed by atoms with Gasteiger partial charge in [0.2, 0.25) is 5.28 Å². The Morgan fingerprint density at radius 2 is 2.25 bits per heavy atom. The van der Waals surface area contributed by atoms with Crippen molar-refractivity contribution in [2.75, 3.05) is 11.4 Å². The standard InChI is InChI=1S/C15H20ClN3S/c1-3-6-11-7-4-5-8-19(11)13-12-9-10(2)20-14(12)18-15(16)17-13/h9,11H,3-8H2,1-2H3. The number of aromatic nitrogens is 2. The molecule has 1 saturated heterocycles. The van der Waals surface area contributed by atoms with Gasteiger partial charge in [0.25, 0.3) is 0 Å². The SMILES string of the molecule is CCCC1CCCCN1c1nc(Cl)nc2sc(C)cc12. The van der Waals surface area contributed by atoms with E-state index in [-0.39, 0.29) is 0 Å². The highest BCUT2D eigenvalue weighted by molar-refractivity contribution is 7.18. The highest BCUT2D eigenvalue weighted by Gasteiger charge is 2.25. The van der Waals surface area contributed by atoms with Gasteiger partial charge in [-0.25, -0.2) is 4.98 Å². The molecule has 3 rings (SSSR count). The zero-order valence-electron chi connectivity index (χ0n) is 12.0. The first-order valence-electron chi connectivity index (χ1n) is 7.39. The van der Waals surface area contributed by atoms with Crippen molar-refractivity contribution in [2.24, 2.45) is 0 Å². The fourth-order valence-corrected chi connectivity index (χ4v) is 4.22. The van der Waals surface area contributed by atoms with Gasteiger partial charge in [0, 0.05) is 17.5 Å². The molecular formula is C15H20ClN3S. The first-order valence-corrected chi connectivity index (χ1v) is 8.59. The largest absolute Gasteiger partial charge is 0.353 e. The zero-order valence-corrected chi connectivity index (χ0v) is 13.6. The van der Waals surface area contributed by atoms with Crippen LogP contribution in [0.5, 0.6) is 0 Å². The van der Waals surface area contributed by atoms with Crippen LogP contribution in [0, 0.1) is 6.92 Å². The van der Waals surface area contributed by atoms with E-state index in [0.29, 0.717) is 11.3 Å². The predicted molar refractivity (Wildman–Crippen MR) is 87.1 cm³/mol. The molecule has 0 spiro atoms. The smallest absolute Gasteiger partial charge is 0.225 e. The van der Waals surface area contributed by atoms with Gasteiger partial charge < -0.3 is 4.90 Å². The van der Waals surface area contributed by atoms with E-state index >= 15 is 0 Å². The quantitative estimate of drug-likeness (QED) is 0.762. The summed E-state index contributed by atoms with van der Waals surface area (Å²) in [5, 5.41) is 1.54. The van der Waals surface area contributed by atoms with Gasteiger partial charge in [-0.15, -0.1) is 11.3 Å². The second-order valence-electron chi connectivity index (χ2n) is 5.52. The molecule has 0 amide bonds. The lowest BCUT2D eigenvalue weighted by Crippen LogP contribution is -2.40. The van der Waals surface area contributed by atoms with Gasteiger partial charge in [0.15, 0.2) is 0 Å². The summed E-state index contributed by atoms with van der Waals surface area (Å²) in [6.45, 7) is 5.45. The van der Waals surface area contributed by atoms with Crippen molar-refractivity contribution in [2.45, 2.75) is 52.0 Å². The van der Waals surface area contributed by atoms with Crippen molar-refractivity contribution in [3.8, 4) is 0 Å². The average molecular weight is 310 g/mol. The number of hydrogen-bond donors (Lipinski definition) is 0. The van der Waals surface area contributed by atoms with Crippen LogP contribution < -0.4 is 4.90 Å². The van der Waals surface area contributed by atoms with Crippen LogP contribution in [0.25, 0.3) is 10.2 Å². The Kier molecular flexibility index (Phi) is 4.13. The Hall–Kier alpha value is -0.870. The summed E-state index contributed by atoms with van der Waals surface area (Å²) in [6.07, 6.45) is 6.27. The molecule has 2 aromatic rings. The lowest BCUT2D eigenvalue weighted by Gasteiger charge is -2.37. The Morgan fingerprint density at radius 1 is 1.40 bits per heavy atom. The number of fused-ring (bicyclic) bond motifs is 1. The molecule has 0 N–H and O–H groups in total. The molecule has 0 radical (unpaired) electrons. The molecule has 0 aliphatic carbocycles. The molecule has 1 aliphatic rings. The van der Waals surface area contributed by atoms with Gasteiger partial charge in [-0.05, 0) is 50.3 Å². The van der Waals surface area contributed by atoms with E-state index in [1.54, 1.807) is 11.3 Å². The highest BCUT2D eigenvalue weighted by Crippen LogP contribution is 2.35. The molecule has 108 valence electrons. The molecule has 2 aromatic heterocycles. The number of rotatable bonds is 3. The van der Waals surface area contributed by atoms with Gasteiger partial charge in [-0.3, -0.25) is 0 Å². The molecule has 3 nitrogen and oxygen atoms in total. The number of nitrogens with zero attached hydrogens (tertiary/aromatic N) is 3.